The lowest BCUT2D eigenvalue weighted by molar-refractivity contribution is 0.0941. The fourth-order valence-corrected chi connectivity index (χ4v) is 5.12. The normalized spacial score (nSPS) is 16.3. The van der Waals surface area contributed by atoms with Gasteiger partial charge in [0.15, 0.2) is 0 Å². The zero-order valence-electron chi connectivity index (χ0n) is 14.3. The summed E-state index contributed by atoms with van der Waals surface area (Å²) >= 11 is 1.43. The molecule has 3 aromatic heterocycles. The van der Waals surface area contributed by atoms with E-state index in [1.54, 1.807) is 6.20 Å². The minimum atomic E-state index is -0.0990. The van der Waals surface area contributed by atoms with Crippen molar-refractivity contribution in [3.05, 3.63) is 64.3 Å². The van der Waals surface area contributed by atoms with Crippen LogP contribution in [0.1, 0.15) is 38.8 Å². The molecule has 0 bridgehead atoms. The van der Waals surface area contributed by atoms with E-state index in [1.165, 1.54) is 22.5 Å². The van der Waals surface area contributed by atoms with Gasteiger partial charge in [0.25, 0.3) is 5.91 Å². The molecular formula is C20H18N4OS. The Labute approximate surface area is 154 Å². The standard InChI is InChI=1S/C20H18N4OS/c1-11-10-15-22-8-9-24(15)20-16(11)17(21)18(26-20)19(25)23-14-7-6-12-4-2-3-5-13(12)14/h2-5,8-10,14H,6-7,21H2,1H3,(H,23,25)/t14-/m0/s1. The lowest BCUT2D eigenvalue weighted by atomic mass is 10.1. The van der Waals surface area contributed by atoms with E-state index in [4.69, 9.17) is 5.73 Å². The summed E-state index contributed by atoms with van der Waals surface area (Å²) < 4.78 is 1.99. The fourth-order valence-electron chi connectivity index (χ4n) is 3.94. The van der Waals surface area contributed by atoms with E-state index in [1.807, 2.05) is 35.7 Å². The Balaban J connectivity index is 1.56. The van der Waals surface area contributed by atoms with Crippen molar-refractivity contribution in [2.75, 3.05) is 5.73 Å². The van der Waals surface area contributed by atoms with Gasteiger partial charge in [0.05, 0.1) is 11.7 Å². The molecule has 0 spiro atoms. The van der Waals surface area contributed by atoms with Crippen LogP contribution in [-0.4, -0.2) is 15.3 Å². The molecule has 0 saturated carbocycles. The second-order valence-electron chi connectivity index (χ2n) is 6.77. The number of nitrogen functional groups attached to an aromatic ring is 1. The van der Waals surface area contributed by atoms with Gasteiger partial charge in [0.1, 0.15) is 15.4 Å². The Kier molecular flexibility index (Phi) is 3.30. The molecule has 0 unspecified atom stereocenters. The summed E-state index contributed by atoms with van der Waals surface area (Å²) in [6, 6.07) is 10.4. The molecule has 5 rings (SSSR count). The molecule has 1 aliphatic carbocycles. The van der Waals surface area contributed by atoms with Crippen molar-refractivity contribution in [1.29, 1.82) is 0 Å². The van der Waals surface area contributed by atoms with Gasteiger partial charge in [-0.15, -0.1) is 11.3 Å². The van der Waals surface area contributed by atoms with Crippen LogP contribution in [0.4, 0.5) is 5.69 Å². The van der Waals surface area contributed by atoms with Gasteiger partial charge in [-0.25, -0.2) is 4.98 Å². The summed E-state index contributed by atoms with van der Waals surface area (Å²) in [6.07, 6.45) is 5.60. The Morgan fingerprint density at radius 1 is 1.38 bits per heavy atom. The molecule has 26 heavy (non-hydrogen) atoms. The van der Waals surface area contributed by atoms with Crippen molar-refractivity contribution in [1.82, 2.24) is 14.7 Å². The molecule has 1 amide bonds. The van der Waals surface area contributed by atoms with Crippen molar-refractivity contribution in [3.63, 3.8) is 0 Å². The van der Waals surface area contributed by atoms with Gasteiger partial charge in [-0.3, -0.25) is 9.20 Å². The monoisotopic (exact) mass is 362 g/mol. The number of amides is 1. The summed E-state index contributed by atoms with van der Waals surface area (Å²) in [6.45, 7) is 2.01. The number of nitrogens with two attached hydrogens (primary N) is 1. The molecule has 1 aliphatic rings. The average molecular weight is 362 g/mol. The molecule has 3 heterocycles. The van der Waals surface area contributed by atoms with Crippen LogP contribution < -0.4 is 11.1 Å². The Hall–Kier alpha value is -2.86. The summed E-state index contributed by atoms with van der Waals surface area (Å²) in [7, 11) is 0. The number of aromatic nitrogens is 2. The van der Waals surface area contributed by atoms with Crippen LogP contribution in [0, 0.1) is 6.92 Å². The molecule has 1 atom stereocenters. The predicted molar refractivity (Wildman–Crippen MR) is 105 cm³/mol. The van der Waals surface area contributed by atoms with E-state index in [-0.39, 0.29) is 11.9 Å². The third kappa shape index (κ3) is 2.15. The summed E-state index contributed by atoms with van der Waals surface area (Å²) in [4.78, 5) is 18.9. The molecule has 4 aromatic rings. The first-order valence-electron chi connectivity index (χ1n) is 8.67. The maximum absolute atomic E-state index is 13.0. The Bertz CT molecular complexity index is 1170. The minimum absolute atomic E-state index is 0.0534. The van der Waals surface area contributed by atoms with E-state index in [0.717, 1.165) is 34.3 Å². The molecule has 6 heteroatoms. The van der Waals surface area contributed by atoms with Crippen molar-refractivity contribution < 1.29 is 4.79 Å². The van der Waals surface area contributed by atoms with E-state index in [0.29, 0.717) is 10.6 Å². The zero-order chi connectivity index (χ0) is 17.8. The van der Waals surface area contributed by atoms with E-state index < -0.39 is 0 Å². The highest BCUT2D eigenvalue weighted by Crippen LogP contribution is 2.37. The van der Waals surface area contributed by atoms with Crippen LogP contribution in [0.3, 0.4) is 0 Å². The molecule has 0 radical (unpaired) electrons. The molecule has 5 nitrogen and oxygen atoms in total. The number of carbonyl (C=O) groups excluding carboxylic acids is 1. The minimum Gasteiger partial charge on any atom is -0.397 e. The molecule has 1 aromatic carbocycles. The number of fused-ring (bicyclic) bond motifs is 4. The summed E-state index contributed by atoms with van der Waals surface area (Å²) in [5, 5.41) is 4.12. The highest BCUT2D eigenvalue weighted by atomic mass is 32.1. The van der Waals surface area contributed by atoms with Crippen LogP contribution >= 0.6 is 11.3 Å². The zero-order valence-corrected chi connectivity index (χ0v) is 15.1. The number of thiophene rings is 1. The number of anilines is 1. The van der Waals surface area contributed by atoms with E-state index in [2.05, 4.69) is 22.4 Å². The van der Waals surface area contributed by atoms with Crippen molar-refractivity contribution in [2.24, 2.45) is 0 Å². The number of rotatable bonds is 2. The second kappa shape index (κ2) is 5.57. The number of aryl methyl sites for hydroxylation is 2. The van der Waals surface area contributed by atoms with Gasteiger partial charge >= 0.3 is 0 Å². The molecule has 130 valence electrons. The number of imidazole rings is 1. The lowest BCUT2D eigenvalue weighted by Gasteiger charge is -2.13. The van der Waals surface area contributed by atoms with Crippen molar-refractivity contribution in [2.45, 2.75) is 25.8 Å². The fraction of sp³-hybridized carbons (Fsp3) is 0.200. The number of hydrogen-bond acceptors (Lipinski definition) is 4. The largest absolute Gasteiger partial charge is 0.397 e. The van der Waals surface area contributed by atoms with E-state index >= 15 is 0 Å². The first kappa shape index (κ1) is 15.4. The highest BCUT2D eigenvalue weighted by Gasteiger charge is 2.26. The topological polar surface area (TPSA) is 72.4 Å². The lowest BCUT2D eigenvalue weighted by Crippen LogP contribution is -2.27. The van der Waals surface area contributed by atoms with Gasteiger partial charge in [0, 0.05) is 17.8 Å². The number of hydrogen-bond donors (Lipinski definition) is 2. The quantitative estimate of drug-likeness (QED) is 0.569. The van der Waals surface area contributed by atoms with Crippen LogP contribution in [0.2, 0.25) is 0 Å². The van der Waals surface area contributed by atoms with Gasteiger partial charge < -0.3 is 11.1 Å². The third-order valence-electron chi connectivity index (χ3n) is 5.20. The van der Waals surface area contributed by atoms with Crippen molar-refractivity contribution in [3.8, 4) is 0 Å². The van der Waals surface area contributed by atoms with E-state index in [9.17, 15) is 4.79 Å². The summed E-state index contributed by atoms with van der Waals surface area (Å²) in [5.74, 6) is -0.0990. The van der Waals surface area contributed by atoms with Crippen LogP contribution in [0.15, 0.2) is 42.7 Å². The smallest absolute Gasteiger partial charge is 0.264 e. The van der Waals surface area contributed by atoms with Gasteiger partial charge in [-0.2, -0.15) is 0 Å². The first-order valence-corrected chi connectivity index (χ1v) is 9.48. The Morgan fingerprint density at radius 3 is 3.12 bits per heavy atom. The number of nitrogens with one attached hydrogen (secondary N) is 1. The molecule has 0 fully saturated rings. The van der Waals surface area contributed by atoms with Crippen LogP contribution in [-0.2, 0) is 6.42 Å². The average Bonchev–Trinajstić information content (AvgIpc) is 3.33. The Morgan fingerprint density at radius 2 is 2.23 bits per heavy atom. The van der Waals surface area contributed by atoms with Crippen LogP contribution in [0.5, 0.6) is 0 Å². The molecule has 3 N–H and O–H groups in total. The number of pyridine rings is 1. The third-order valence-corrected chi connectivity index (χ3v) is 6.40. The van der Waals surface area contributed by atoms with Gasteiger partial charge in [0.2, 0.25) is 0 Å². The van der Waals surface area contributed by atoms with Crippen molar-refractivity contribution >= 4 is 38.8 Å². The van der Waals surface area contributed by atoms with Gasteiger partial charge in [-0.05, 0) is 42.5 Å². The SMILES string of the molecule is Cc1cc2nccn2c2sc(C(=O)N[C@H]3CCc4ccccc43)c(N)c12. The number of carbonyl (C=O) groups is 1. The molecular weight excluding hydrogens is 344 g/mol. The van der Waals surface area contributed by atoms with Gasteiger partial charge in [-0.1, -0.05) is 24.3 Å². The number of benzene rings is 1. The highest BCUT2D eigenvalue weighted by molar-refractivity contribution is 7.21. The summed E-state index contributed by atoms with van der Waals surface area (Å²) in [5.41, 5.74) is 11.4. The first-order chi connectivity index (χ1) is 12.6. The molecule has 0 aliphatic heterocycles. The predicted octanol–water partition coefficient (Wildman–Crippen LogP) is 3.86. The maximum Gasteiger partial charge on any atom is 0.264 e. The number of nitrogens with zero attached hydrogens (tertiary/aromatic N) is 2. The maximum atomic E-state index is 13.0. The van der Waals surface area contributed by atoms with Crippen LogP contribution in [0.25, 0.3) is 15.9 Å². The second-order valence-corrected chi connectivity index (χ2v) is 7.77. The molecule has 0 saturated heterocycles.